The minimum Gasteiger partial charge on any atom is -0.321 e. The van der Waals surface area contributed by atoms with Gasteiger partial charge < -0.3 is 5.32 Å². The van der Waals surface area contributed by atoms with Gasteiger partial charge in [0.15, 0.2) is 0 Å². The Labute approximate surface area is 147 Å². The van der Waals surface area contributed by atoms with Gasteiger partial charge in [-0.3, -0.25) is 9.78 Å². The second-order valence-electron chi connectivity index (χ2n) is 6.18. The third-order valence-corrected chi connectivity index (χ3v) is 6.41. The number of anilines is 1. The molecule has 0 unspecified atom stereocenters. The third kappa shape index (κ3) is 3.88. The van der Waals surface area contributed by atoms with E-state index < -0.39 is 10.0 Å². The molecular formula is C18H21N3O3S. The van der Waals surface area contributed by atoms with Gasteiger partial charge in [0.2, 0.25) is 10.0 Å². The molecule has 1 aliphatic heterocycles. The predicted octanol–water partition coefficient (Wildman–Crippen LogP) is 2.90. The first kappa shape index (κ1) is 17.6. The lowest BCUT2D eigenvalue weighted by molar-refractivity contribution is 0.102. The first-order valence-electron chi connectivity index (χ1n) is 8.32. The summed E-state index contributed by atoms with van der Waals surface area (Å²) in [5.41, 5.74) is 0.987. The highest BCUT2D eigenvalue weighted by atomic mass is 32.2. The normalized spacial score (nSPS) is 18.7. The van der Waals surface area contributed by atoms with Crippen molar-refractivity contribution < 1.29 is 13.2 Å². The first-order valence-corrected chi connectivity index (χ1v) is 9.76. The second-order valence-corrected chi connectivity index (χ2v) is 8.07. The Morgan fingerprint density at radius 3 is 2.60 bits per heavy atom. The van der Waals surface area contributed by atoms with Crippen LogP contribution in [0.4, 0.5) is 5.69 Å². The van der Waals surface area contributed by atoms with Gasteiger partial charge in [0, 0.05) is 24.3 Å². The van der Waals surface area contributed by atoms with Gasteiger partial charge in [0.1, 0.15) is 0 Å². The molecule has 0 radical (unpaired) electrons. The Bertz CT molecular complexity index is 836. The van der Waals surface area contributed by atoms with Crippen molar-refractivity contribution >= 4 is 21.6 Å². The number of amides is 1. The maximum absolute atomic E-state index is 12.8. The first-order chi connectivity index (χ1) is 12.0. The van der Waals surface area contributed by atoms with Crippen molar-refractivity contribution in [3.8, 4) is 0 Å². The van der Waals surface area contributed by atoms with E-state index >= 15 is 0 Å². The molecule has 1 atom stereocenters. The summed E-state index contributed by atoms with van der Waals surface area (Å²) in [5, 5.41) is 2.73. The molecule has 3 rings (SSSR count). The highest BCUT2D eigenvalue weighted by molar-refractivity contribution is 7.89. The quantitative estimate of drug-likeness (QED) is 0.910. The molecule has 7 heteroatoms. The standard InChI is InChI=1S/C18H21N3O3S/c1-14-5-2-3-12-21(14)25(23,24)17-9-7-15(8-10-17)18(22)20-16-6-4-11-19-13-16/h4,6-11,13-14H,2-3,5,12H2,1H3,(H,20,22)/t14-/m1/s1. The molecule has 0 spiro atoms. The van der Waals surface area contributed by atoms with Crippen LogP contribution < -0.4 is 5.32 Å². The summed E-state index contributed by atoms with van der Waals surface area (Å²) in [6, 6.07) is 9.53. The van der Waals surface area contributed by atoms with Crippen LogP contribution >= 0.6 is 0 Å². The van der Waals surface area contributed by atoms with Crippen LogP contribution in [0.15, 0.2) is 53.7 Å². The van der Waals surface area contributed by atoms with E-state index in [0.29, 0.717) is 17.8 Å². The molecule has 0 aliphatic carbocycles. The lowest BCUT2D eigenvalue weighted by atomic mass is 10.1. The average Bonchev–Trinajstić information content (AvgIpc) is 2.63. The molecule has 1 N–H and O–H groups in total. The largest absolute Gasteiger partial charge is 0.321 e. The van der Waals surface area contributed by atoms with Gasteiger partial charge >= 0.3 is 0 Å². The Kier molecular flexibility index (Phi) is 5.15. The summed E-state index contributed by atoms with van der Waals surface area (Å²) in [4.78, 5) is 16.4. The van der Waals surface area contributed by atoms with Crippen LogP contribution in [0.5, 0.6) is 0 Å². The van der Waals surface area contributed by atoms with Crippen LogP contribution in [0.1, 0.15) is 36.5 Å². The number of sulfonamides is 1. The number of pyridine rings is 1. The van der Waals surface area contributed by atoms with E-state index in [1.54, 1.807) is 28.8 Å². The molecule has 25 heavy (non-hydrogen) atoms. The number of carbonyl (C=O) groups excluding carboxylic acids is 1. The molecule has 0 saturated carbocycles. The molecule has 1 aromatic heterocycles. The molecule has 0 bridgehead atoms. The van der Waals surface area contributed by atoms with Gasteiger partial charge in [0.25, 0.3) is 5.91 Å². The van der Waals surface area contributed by atoms with Crippen LogP contribution in [0.2, 0.25) is 0 Å². The number of benzene rings is 1. The molecule has 2 aromatic rings. The molecule has 132 valence electrons. The highest BCUT2D eigenvalue weighted by Gasteiger charge is 2.30. The molecule has 1 amide bonds. The van der Waals surface area contributed by atoms with E-state index in [1.807, 2.05) is 6.92 Å². The van der Waals surface area contributed by atoms with E-state index in [4.69, 9.17) is 0 Å². The summed E-state index contributed by atoms with van der Waals surface area (Å²) in [6.45, 7) is 2.49. The maximum atomic E-state index is 12.8. The molecule has 1 fully saturated rings. The molecule has 1 saturated heterocycles. The van der Waals surface area contributed by atoms with Crippen molar-refractivity contribution in [3.05, 3.63) is 54.4 Å². The maximum Gasteiger partial charge on any atom is 0.255 e. The van der Waals surface area contributed by atoms with Gasteiger partial charge in [0.05, 0.1) is 16.8 Å². The fourth-order valence-corrected chi connectivity index (χ4v) is 4.68. The zero-order valence-corrected chi connectivity index (χ0v) is 14.9. The summed E-state index contributed by atoms with van der Waals surface area (Å²) < 4.78 is 27.1. The molecule has 2 heterocycles. The number of aromatic nitrogens is 1. The van der Waals surface area contributed by atoms with E-state index in [0.717, 1.165) is 19.3 Å². The zero-order chi connectivity index (χ0) is 17.9. The molecule has 6 nitrogen and oxygen atoms in total. The molecular weight excluding hydrogens is 338 g/mol. The van der Waals surface area contributed by atoms with Crippen molar-refractivity contribution in [3.63, 3.8) is 0 Å². The minimum absolute atomic E-state index is 0.00676. The SMILES string of the molecule is C[C@@H]1CCCCN1S(=O)(=O)c1ccc(C(=O)Nc2cccnc2)cc1. The van der Waals surface area contributed by atoms with Crippen LogP contribution in [-0.2, 0) is 10.0 Å². The van der Waals surface area contributed by atoms with Gasteiger partial charge in [-0.25, -0.2) is 8.42 Å². The number of rotatable bonds is 4. The topological polar surface area (TPSA) is 79.4 Å². The van der Waals surface area contributed by atoms with E-state index in [-0.39, 0.29) is 16.8 Å². The monoisotopic (exact) mass is 359 g/mol. The number of hydrogen-bond donors (Lipinski definition) is 1. The van der Waals surface area contributed by atoms with Crippen molar-refractivity contribution in [1.29, 1.82) is 0 Å². The van der Waals surface area contributed by atoms with Gasteiger partial charge in [-0.05, 0) is 56.2 Å². The fourth-order valence-electron chi connectivity index (χ4n) is 2.98. The molecule has 1 aromatic carbocycles. The second kappa shape index (κ2) is 7.33. The number of carbonyl (C=O) groups is 1. The molecule has 1 aliphatic rings. The van der Waals surface area contributed by atoms with E-state index in [1.165, 1.54) is 24.3 Å². The Hall–Kier alpha value is -2.25. The lowest BCUT2D eigenvalue weighted by Crippen LogP contribution is -2.41. The number of hydrogen-bond acceptors (Lipinski definition) is 4. The van der Waals surface area contributed by atoms with Crippen LogP contribution in [0, 0.1) is 0 Å². The summed E-state index contributed by atoms with van der Waals surface area (Å²) in [7, 11) is -3.52. The highest BCUT2D eigenvalue weighted by Crippen LogP contribution is 2.25. The van der Waals surface area contributed by atoms with Crippen molar-refractivity contribution in [2.75, 3.05) is 11.9 Å². The minimum atomic E-state index is -3.52. The summed E-state index contributed by atoms with van der Waals surface area (Å²) in [6.07, 6.45) is 5.99. The summed E-state index contributed by atoms with van der Waals surface area (Å²) in [5.74, 6) is -0.303. The van der Waals surface area contributed by atoms with Crippen LogP contribution in [-0.4, -0.2) is 36.2 Å². The van der Waals surface area contributed by atoms with Gasteiger partial charge in [-0.2, -0.15) is 4.31 Å². The van der Waals surface area contributed by atoms with E-state index in [9.17, 15) is 13.2 Å². The smallest absolute Gasteiger partial charge is 0.255 e. The van der Waals surface area contributed by atoms with Gasteiger partial charge in [-0.1, -0.05) is 6.42 Å². The Morgan fingerprint density at radius 1 is 1.20 bits per heavy atom. The van der Waals surface area contributed by atoms with Crippen LogP contribution in [0.3, 0.4) is 0 Å². The van der Waals surface area contributed by atoms with Crippen molar-refractivity contribution in [2.45, 2.75) is 37.1 Å². The number of nitrogens with one attached hydrogen (secondary N) is 1. The number of nitrogens with zero attached hydrogens (tertiary/aromatic N) is 2. The lowest BCUT2D eigenvalue weighted by Gasteiger charge is -2.32. The average molecular weight is 359 g/mol. The van der Waals surface area contributed by atoms with Gasteiger partial charge in [-0.15, -0.1) is 0 Å². The van der Waals surface area contributed by atoms with Crippen LogP contribution in [0.25, 0.3) is 0 Å². The summed E-state index contributed by atoms with van der Waals surface area (Å²) >= 11 is 0. The predicted molar refractivity (Wildman–Crippen MR) is 95.8 cm³/mol. The number of piperidine rings is 1. The van der Waals surface area contributed by atoms with E-state index in [2.05, 4.69) is 10.3 Å². The fraction of sp³-hybridized carbons (Fsp3) is 0.333. The Balaban J connectivity index is 1.76. The zero-order valence-electron chi connectivity index (χ0n) is 14.1. The third-order valence-electron chi connectivity index (χ3n) is 4.38. The van der Waals surface area contributed by atoms with Crippen molar-refractivity contribution in [2.24, 2.45) is 0 Å². The van der Waals surface area contributed by atoms with Crippen molar-refractivity contribution in [1.82, 2.24) is 9.29 Å². The Morgan fingerprint density at radius 2 is 1.96 bits per heavy atom.